The third-order valence-electron chi connectivity index (χ3n) is 2.56. The highest BCUT2D eigenvalue weighted by atomic mass is 16.4. The molecular formula is C11H16N2O4. The lowest BCUT2D eigenvalue weighted by atomic mass is 9.96. The van der Waals surface area contributed by atoms with Crippen LogP contribution >= 0.6 is 0 Å². The lowest BCUT2D eigenvalue weighted by molar-refractivity contribution is -0.144. The molecule has 1 aromatic rings. The average Bonchev–Trinajstić information content (AvgIpc) is 2.64. The van der Waals surface area contributed by atoms with Gasteiger partial charge in [-0.05, 0) is 20.3 Å². The maximum absolute atomic E-state index is 11.8. The van der Waals surface area contributed by atoms with Crippen LogP contribution in [-0.2, 0) is 4.79 Å². The fourth-order valence-electron chi connectivity index (χ4n) is 1.55. The third-order valence-corrected chi connectivity index (χ3v) is 2.56. The highest BCUT2D eigenvalue weighted by Crippen LogP contribution is 2.15. The normalized spacial score (nSPS) is 14.1. The van der Waals surface area contributed by atoms with Gasteiger partial charge in [0.05, 0.1) is 5.69 Å². The molecule has 1 aromatic heterocycles. The van der Waals surface area contributed by atoms with E-state index in [4.69, 9.17) is 9.52 Å². The van der Waals surface area contributed by atoms with Gasteiger partial charge in [0.2, 0.25) is 5.76 Å². The summed E-state index contributed by atoms with van der Waals surface area (Å²) in [7, 11) is 0. The van der Waals surface area contributed by atoms with E-state index < -0.39 is 17.4 Å². The van der Waals surface area contributed by atoms with Gasteiger partial charge in [0, 0.05) is 0 Å². The van der Waals surface area contributed by atoms with Crippen molar-refractivity contribution >= 4 is 11.9 Å². The van der Waals surface area contributed by atoms with Crippen molar-refractivity contribution in [3.8, 4) is 0 Å². The number of carbonyl (C=O) groups excluding carboxylic acids is 1. The van der Waals surface area contributed by atoms with Gasteiger partial charge in [0.25, 0.3) is 5.91 Å². The monoisotopic (exact) mass is 240 g/mol. The number of hydrogen-bond donors (Lipinski definition) is 2. The molecule has 1 heterocycles. The first-order valence-corrected chi connectivity index (χ1v) is 5.36. The van der Waals surface area contributed by atoms with Crippen molar-refractivity contribution in [2.75, 3.05) is 0 Å². The summed E-state index contributed by atoms with van der Waals surface area (Å²) in [6, 6.07) is 0. The van der Waals surface area contributed by atoms with Crippen molar-refractivity contribution in [2.45, 2.75) is 39.2 Å². The molecule has 1 atom stereocenters. The van der Waals surface area contributed by atoms with Gasteiger partial charge in [-0.3, -0.25) is 4.79 Å². The van der Waals surface area contributed by atoms with Gasteiger partial charge >= 0.3 is 5.97 Å². The van der Waals surface area contributed by atoms with Crippen LogP contribution in [0.5, 0.6) is 0 Å². The smallest absolute Gasteiger partial charge is 0.329 e. The Morgan fingerprint density at radius 1 is 1.59 bits per heavy atom. The Morgan fingerprint density at radius 3 is 2.65 bits per heavy atom. The number of hydrogen-bond acceptors (Lipinski definition) is 4. The van der Waals surface area contributed by atoms with Gasteiger partial charge in [-0.1, -0.05) is 13.3 Å². The van der Waals surface area contributed by atoms with Crippen LogP contribution in [0.2, 0.25) is 0 Å². The summed E-state index contributed by atoms with van der Waals surface area (Å²) < 4.78 is 4.91. The highest BCUT2D eigenvalue weighted by molar-refractivity contribution is 5.96. The Bertz CT molecular complexity index is 427. The first-order valence-electron chi connectivity index (χ1n) is 5.36. The second-order valence-electron chi connectivity index (χ2n) is 4.11. The van der Waals surface area contributed by atoms with Crippen LogP contribution in [0.15, 0.2) is 10.8 Å². The van der Waals surface area contributed by atoms with E-state index in [2.05, 4.69) is 10.3 Å². The molecule has 0 aliphatic carbocycles. The maximum Gasteiger partial charge on any atom is 0.329 e. The van der Waals surface area contributed by atoms with Gasteiger partial charge in [-0.25, -0.2) is 9.78 Å². The number of carboxylic acid groups (broad SMARTS) is 1. The quantitative estimate of drug-likeness (QED) is 0.810. The lowest BCUT2D eigenvalue weighted by Crippen LogP contribution is -2.52. The van der Waals surface area contributed by atoms with Crippen LogP contribution in [0.25, 0.3) is 0 Å². The van der Waals surface area contributed by atoms with Crippen molar-refractivity contribution in [3.05, 3.63) is 17.8 Å². The van der Waals surface area contributed by atoms with E-state index in [-0.39, 0.29) is 5.76 Å². The van der Waals surface area contributed by atoms with Crippen LogP contribution < -0.4 is 5.32 Å². The second kappa shape index (κ2) is 4.99. The molecule has 0 fully saturated rings. The van der Waals surface area contributed by atoms with Gasteiger partial charge in [-0.15, -0.1) is 0 Å². The highest BCUT2D eigenvalue weighted by Gasteiger charge is 2.35. The van der Waals surface area contributed by atoms with Gasteiger partial charge in [-0.2, -0.15) is 0 Å². The molecule has 0 spiro atoms. The average molecular weight is 240 g/mol. The third kappa shape index (κ3) is 2.83. The zero-order valence-electron chi connectivity index (χ0n) is 10.1. The number of nitrogens with one attached hydrogen (secondary N) is 1. The Morgan fingerprint density at radius 2 is 2.24 bits per heavy atom. The van der Waals surface area contributed by atoms with Crippen molar-refractivity contribution in [1.82, 2.24) is 10.3 Å². The van der Waals surface area contributed by atoms with Gasteiger partial charge in [0.1, 0.15) is 5.54 Å². The number of aliphatic carboxylic acids is 1. The number of carbonyl (C=O) groups is 2. The van der Waals surface area contributed by atoms with E-state index in [1.807, 2.05) is 6.92 Å². The fourth-order valence-corrected chi connectivity index (χ4v) is 1.55. The molecular weight excluding hydrogens is 224 g/mol. The molecule has 1 unspecified atom stereocenters. The predicted molar refractivity (Wildman–Crippen MR) is 59.7 cm³/mol. The maximum atomic E-state index is 11.8. The summed E-state index contributed by atoms with van der Waals surface area (Å²) in [5.41, 5.74) is -0.850. The summed E-state index contributed by atoms with van der Waals surface area (Å²) in [5.74, 6) is -1.57. The molecule has 6 nitrogen and oxygen atoms in total. The van der Waals surface area contributed by atoms with E-state index in [0.717, 1.165) is 6.39 Å². The van der Waals surface area contributed by atoms with Crippen molar-refractivity contribution in [1.29, 1.82) is 0 Å². The zero-order chi connectivity index (χ0) is 13.1. The van der Waals surface area contributed by atoms with Crippen LogP contribution in [-0.4, -0.2) is 27.5 Å². The number of amides is 1. The molecule has 17 heavy (non-hydrogen) atoms. The summed E-state index contributed by atoms with van der Waals surface area (Å²) in [6.45, 7) is 4.95. The summed E-state index contributed by atoms with van der Waals surface area (Å²) in [6.07, 6.45) is 2.15. The van der Waals surface area contributed by atoms with Crippen LogP contribution in [0.4, 0.5) is 0 Å². The summed E-state index contributed by atoms with van der Waals surface area (Å²) in [4.78, 5) is 26.7. The Kier molecular flexibility index (Phi) is 3.88. The number of nitrogens with zero attached hydrogens (tertiary/aromatic N) is 1. The molecule has 94 valence electrons. The van der Waals surface area contributed by atoms with Crippen molar-refractivity contribution < 1.29 is 19.1 Å². The number of carboxylic acids is 1. The lowest BCUT2D eigenvalue weighted by Gasteiger charge is -2.25. The molecule has 0 bridgehead atoms. The topological polar surface area (TPSA) is 92.4 Å². The summed E-state index contributed by atoms with van der Waals surface area (Å²) in [5, 5.41) is 11.6. The first-order chi connectivity index (χ1) is 7.90. The number of aromatic nitrogens is 1. The van der Waals surface area contributed by atoms with E-state index in [1.54, 1.807) is 6.92 Å². The Labute approximate surface area is 99.0 Å². The van der Waals surface area contributed by atoms with E-state index in [9.17, 15) is 9.59 Å². The predicted octanol–water partition coefficient (Wildman–Crippen LogP) is 1.36. The summed E-state index contributed by atoms with van der Waals surface area (Å²) >= 11 is 0. The zero-order valence-corrected chi connectivity index (χ0v) is 10.1. The number of aryl methyl sites for hydroxylation is 1. The molecule has 1 rings (SSSR count). The van der Waals surface area contributed by atoms with Crippen molar-refractivity contribution in [3.63, 3.8) is 0 Å². The first kappa shape index (κ1) is 13.2. The van der Waals surface area contributed by atoms with E-state index in [1.165, 1.54) is 6.92 Å². The number of rotatable bonds is 5. The molecule has 1 amide bonds. The molecule has 2 N–H and O–H groups in total. The molecule has 0 aliphatic rings. The largest absolute Gasteiger partial charge is 0.480 e. The van der Waals surface area contributed by atoms with Crippen LogP contribution in [0.1, 0.15) is 42.9 Å². The fraction of sp³-hybridized carbons (Fsp3) is 0.545. The SMILES string of the molecule is CCCC(C)(NC(=O)c1ocnc1C)C(=O)O. The Balaban J connectivity index is 2.85. The Hall–Kier alpha value is -1.85. The minimum atomic E-state index is -1.29. The molecule has 0 saturated carbocycles. The molecule has 0 radical (unpaired) electrons. The molecule has 0 aromatic carbocycles. The standard InChI is InChI=1S/C11H16N2O4/c1-4-5-11(3,10(15)16)13-9(14)8-7(2)12-6-17-8/h6H,4-5H2,1-3H3,(H,13,14)(H,15,16). The van der Waals surface area contributed by atoms with Crippen LogP contribution in [0, 0.1) is 6.92 Å². The molecule has 0 aliphatic heterocycles. The molecule has 0 saturated heterocycles. The van der Waals surface area contributed by atoms with E-state index in [0.29, 0.717) is 18.5 Å². The van der Waals surface area contributed by atoms with Gasteiger partial charge < -0.3 is 14.8 Å². The van der Waals surface area contributed by atoms with Crippen molar-refractivity contribution in [2.24, 2.45) is 0 Å². The van der Waals surface area contributed by atoms with Crippen LogP contribution in [0.3, 0.4) is 0 Å². The number of oxazole rings is 1. The minimum Gasteiger partial charge on any atom is -0.480 e. The van der Waals surface area contributed by atoms with E-state index >= 15 is 0 Å². The second-order valence-corrected chi connectivity index (χ2v) is 4.11. The minimum absolute atomic E-state index is 0.0496. The molecule has 6 heteroatoms. The van der Waals surface area contributed by atoms with Gasteiger partial charge in [0.15, 0.2) is 6.39 Å².